The second kappa shape index (κ2) is 7.71. The van der Waals surface area contributed by atoms with Crippen LogP contribution in [0.1, 0.15) is 11.1 Å². The second-order valence-electron chi connectivity index (χ2n) is 5.35. The number of nitrogens with one attached hydrogen (secondary N) is 2. The highest BCUT2D eigenvalue weighted by Gasteiger charge is 2.11. The Kier molecular flexibility index (Phi) is 5.41. The van der Waals surface area contributed by atoms with Gasteiger partial charge in [-0.2, -0.15) is 5.10 Å². The molecule has 0 radical (unpaired) electrons. The lowest BCUT2D eigenvalue weighted by atomic mass is 10.1. The van der Waals surface area contributed by atoms with E-state index in [1.807, 2.05) is 36.4 Å². The number of ether oxygens (including phenoxy) is 1. The van der Waals surface area contributed by atoms with Crippen molar-refractivity contribution < 1.29 is 4.74 Å². The Balaban J connectivity index is 1.67. The Labute approximate surface area is 150 Å². The maximum Gasteiger partial charge on any atom is 0.118 e. The number of rotatable bonds is 6. The summed E-state index contributed by atoms with van der Waals surface area (Å²) in [5.41, 5.74) is 4.02. The lowest BCUT2D eigenvalue weighted by Gasteiger charge is -2.08. The van der Waals surface area contributed by atoms with Crippen molar-refractivity contribution in [1.82, 2.24) is 15.5 Å². The van der Waals surface area contributed by atoms with Gasteiger partial charge in [0, 0.05) is 29.2 Å². The summed E-state index contributed by atoms with van der Waals surface area (Å²) in [7, 11) is 1.66. The molecule has 1 heterocycles. The van der Waals surface area contributed by atoms with E-state index in [0.717, 1.165) is 29.1 Å². The van der Waals surface area contributed by atoms with Crippen LogP contribution in [0.5, 0.6) is 5.75 Å². The van der Waals surface area contributed by atoms with E-state index in [4.69, 9.17) is 27.9 Å². The van der Waals surface area contributed by atoms with Gasteiger partial charge in [0.2, 0.25) is 0 Å². The first-order chi connectivity index (χ1) is 11.7. The number of methoxy groups -OCH3 is 1. The summed E-state index contributed by atoms with van der Waals surface area (Å²) >= 11 is 12.2. The van der Waals surface area contributed by atoms with Gasteiger partial charge in [0.1, 0.15) is 5.75 Å². The van der Waals surface area contributed by atoms with E-state index < -0.39 is 0 Å². The monoisotopic (exact) mass is 361 g/mol. The molecule has 24 heavy (non-hydrogen) atoms. The zero-order valence-electron chi connectivity index (χ0n) is 13.1. The van der Waals surface area contributed by atoms with Crippen LogP contribution in [0.2, 0.25) is 10.0 Å². The topological polar surface area (TPSA) is 49.9 Å². The van der Waals surface area contributed by atoms with Gasteiger partial charge in [-0.3, -0.25) is 5.10 Å². The van der Waals surface area contributed by atoms with Crippen LogP contribution >= 0.6 is 23.2 Å². The van der Waals surface area contributed by atoms with Crippen LogP contribution in [0.25, 0.3) is 11.3 Å². The third-order valence-electron chi connectivity index (χ3n) is 3.72. The van der Waals surface area contributed by atoms with E-state index in [9.17, 15) is 0 Å². The van der Waals surface area contributed by atoms with Gasteiger partial charge >= 0.3 is 0 Å². The van der Waals surface area contributed by atoms with Gasteiger partial charge in [-0.05, 0) is 35.9 Å². The van der Waals surface area contributed by atoms with Crippen molar-refractivity contribution >= 4 is 23.2 Å². The molecule has 0 aliphatic carbocycles. The SMILES string of the molecule is COc1ccc(CNCc2cn[nH]c2-c2ccc(Cl)cc2Cl)cc1. The van der Waals surface area contributed by atoms with Crippen molar-refractivity contribution in [3.8, 4) is 17.0 Å². The molecule has 2 N–H and O–H groups in total. The summed E-state index contributed by atoms with van der Waals surface area (Å²) < 4.78 is 5.16. The fourth-order valence-electron chi connectivity index (χ4n) is 2.46. The van der Waals surface area contributed by atoms with E-state index in [0.29, 0.717) is 16.6 Å². The minimum Gasteiger partial charge on any atom is -0.497 e. The van der Waals surface area contributed by atoms with Crippen LogP contribution in [0.3, 0.4) is 0 Å². The van der Waals surface area contributed by atoms with E-state index >= 15 is 0 Å². The van der Waals surface area contributed by atoms with Crippen LogP contribution in [0.15, 0.2) is 48.7 Å². The molecular formula is C18H17Cl2N3O. The molecule has 0 bridgehead atoms. The normalized spacial score (nSPS) is 10.8. The zero-order chi connectivity index (χ0) is 16.9. The minimum atomic E-state index is 0.600. The largest absolute Gasteiger partial charge is 0.497 e. The van der Waals surface area contributed by atoms with Crippen molar-refractivity contribution in [3.05, 3.63) is 69.8 Å². The van der Waals surface area contributed by atoms with Crippen molar-refractivity contribution in [2.45, 2.75) is 13.1 Å². The molecule has 3 aromatic rings. The van der Waals surface area contributed by atoms with Gasteiger partial charge in [-0.1, -0.05) is 35.3 Å². The lowest BCUT2D eigenvalue weighted by molar-refractivity contribution is 0.414. The Morgan fingerprint density at radius 1 is 1.08 bits per heavy atom. The van der Waals surface area contributed by atoms with Gasteiger partial charge in [0.05, 0.1) is 24.0 Å². The van der Waals surface area contributed by atoms with Gasteiger partial charge in [-0.25, -0.2) is 0 Å². The summed E-state index contributed by atoms with van der Waals surface area (Å²) in [6.07, 6.45) is 1.81. The van der Waals surface area contributed by atoms with E-state index in [-0.39, 0.29) is 0 Å². The molecule has 4 nitrogen and oxygen atoms in total. The molecule has 0 spiro atoms. The molecular weight excluding hydrogens is 345 g/mol. The highest BCUT2D eigenvalue weighted by atomic mass is 35.5. The summed E-state index contributed by atoms with van der Waals surface area (Å²) in [5, 5.41) is 11.8. The number of H-pyrrole nitrogens is 1. The Morgan fingerprint density at radius 3 is 2.58 bits per heavy atom. The summed E-state index contributed by atoms with van der Waals surface area (Å²) in [6.45, 7) is 1.43. The van der Waals surface area contributed by atoms with Gasteiger partial charge < -0.3 is 10.1 Å². The molecule has 0 aliphatic heterocycles. The number of hydrogen-bond acceptors (Lipinski definition) is 3. The highest BCUT2D eigenvalue weighted by molar-refractivity contribution is 6.36. The van der Waals surface area contributed by atoms with Crippen LogP contribution in [-0.4, -0.2) is 17.3 Å². The number of benzene rings is 2. The average Bonchev–Trinajstić information content (AvgIpc) is 3.04. The quantitative estimate of drug-likeness (QED) is 0.669. The first kappa shape index (κ1) is 16.8. The molecule has 0 fully saturated rings. The fraction of sp³-hybridized carbons (Fsp3) is 0.167. The predicted molar refractivity (Wildman–Crippen MR) is 97.6 cm³/mol. The fourth-order valence-corrected chi connectivity index (χ4v) is 2.96. The number of hydrogen-bond donors (Lipinski definition) is 2. The minimum absolute atomic E-state index is 0.600. The molecule has 1 aromatic heterocycles. The standard InChI is InChI=1S/C18H17Cl2N3O/c1-24-15-5-2-12(3-6-15)9-21-10-13-11-22-23-18(13)16-7-4-14(19)8-17(16)20/h2-8,11,21H,9-10H2,1H3,(H,22,23). The van der Waals surface area contributed by atoms with Gasteiger partial charge in [-0.15, -0.1) is 0 Å². The molecule has 3 rings (SSSR count). The first-order valence-corrected chi connectivity index (χ1v) is 8.24. The molecule has 0 aliphatic rings. The highest BCUT2D eigenvalue weighted by Crippen LogP contribution is 2.31. The molecule has 0 amide bonds. The molecule has 124 valence electrons. The Morgan fingerprint density at radius 2 is 1.88 bits per heavy atom. The average molecular weight is 362 g/mol. The third-order valence-corrected chi connectivity index (χ3v) is 4.27. The molecule has 6 heteroatoms. The first-order valence-electron chi connectivity index (χ1n) is 7.48. The smallest absolute Gasteiger partial charge is 0.118 e. The molecule has 0 unspecified atom stereocenters. The number of aromatic nitrogens is 2. The number of halogens is 2. The van der Waals surface area contributed by atoms with Gasteiger partial charge in [0.15, 0.2) is 0 Å². The van der Waals surface area contributed by atoms with Crippen LogP contribution in [-0.2, 0) is 13.1 Å². The van der Waals surface area contributed by atoms with E-state index in [1.54, 1.807) is 19.4 Å². The maximum absolute atomic E-state index is 6.29. The predicted octanol–water partition coefficient (Wildman–Crippen LogP) is 4.68. The van der Waals surface area contributed by atoms with Crippen LogP contribution in [0, 0.1) is 0 Å². The van der Waals surface area contributed by atoms with Crippen molar-refractivity contribution in [2.24, 2.45) is 0 Å². The maximum atomic E-state index is 6.29. The zero-order valence-corrected chi connectivity index (χ0v) is 14.7. The lowest BCUT2D eigenvalue weighted by Crippen LogP contribution is -2.12. The number of aromatic amines is 1. The summed E-state index contributed by atoms with van der Waals surface area (Å²) in [5.74, 6) is 0.855. The van der Waals surface area contributed by atoms with Crippen molar-refractivity contribution in [2.75, 3.05) is 7.11 Å². The third kappa shape index (κ3) is 3.90. The van der Waals surface area contributed by atoms with Crippen molar-refractivity contribution in [1.29, 1.82) is 0 Å². The van der Waals surface area contributed by atoms with E-state index in [1.165, 1.54) is 5.56 Å². The molecule has 0 atom stereocenters. The second-order valence-corrected chi connectivity index (χ2v) is 6.19. The van der Waals surface area contributed by atoms with E-state index in [2.05, 4.69) is 15.5 Å². The van der Waals surface area contributed by atoms with Gasteiger partial charge in [0.25, 0.3) is 0 Å². The Hall–Kier alpha value is -2.01. The van der Waals surface area contributed by atoms with Crippen LogP contribution < -0.4 is 10.1 Å². The Bertz CT molecular complexity index is 815. The summed E-state index contributed by atoms with van der Waals surface area (Å²) in [6, 6.07) is 13.4. The molecule has 0 saturated carbocycles. The molecule has 0 saturated heterocycles. The van der Waals surface area contributed by atoms with Crippen LogP contribution in [0.4, 0.5) is 0 Å². The molecule has 2 aromatic carbocycles. The van der Waals surface area contributed by atoms with Crippen molar-refractivity contribution in [3.63, 3.8) is 0 Å². The summed E-state index contributed by atoms with van der Waals surface area (Å²) in [4.78, 5) is 0. The number of nitrogens with zero attached hydrogens (tertiary/aromatic N) is 1.